The Morgan fingerprint density at radius 3 is 2.47 bits per heavy atom. The number of halogens is 1. The second-order valence-electron chi connectivity index (χ2n) is 5.78. The van der Waals surface area contributed by atoms with Crippen molar-refractivity contribution in [3.05, 3.63) is 23.5 Å². The van der Waals surface area contributed by atoms with Crippen molar-refractivity contribution in [2.45, 2.75) is 51.6 Å². The second-order valence-corrected chi connectivity index (χ2v) is 5.78. The summed E-state index contributed by atoms with van der Waals surface area (Å²) >= 11 is 0. The first kappa shape index (κ1) is 12.8. The van der Waals surface area contributed by atoms with Gasteiger partial charge in [-0.3, -0.25) is 0 Å². The maximum absolute atomic E-state index is 14.2. The molecule has 104 valence electrons. The number of ether oxygens (including phenoxy) is 2. The highest BCUT2D eigenvalue weighted by molar-refractivity contribution is 5.41. The summed E-state index contributed by atoms with van der Waals surface area (Å²) in [6.45, 7) is 2.40. The molecule has 0 unspecified atom stereocenters. The van der Waals surface area contributed by atoms with Crippen LogP contribution in [-0.2, 0) is 0 Å². The molecule has 19 heavy (non-hydrogen) atoms. The largest absolute Gasteiger partial charge is 0.490 e. The number of rotatable bonds is 5. The molecule has 0 amide bonds. The SMILES string of the molecule is Cc1c(OC2CC2)ccc(OCC2CCCC2)c1F. The lowest BCUT2D eigenvalue weighted by atomic mass is 10.1. The van der Waals surface area contributed by atoms with Crippen LogP contribution < -0.4 is 9.47 Å². The fourth-order valence-electron chi connectivity index (χ4n) is 2.63. The summed E-state index contributed by atoms with van der Waals surface area (Å²) in [7, 11) is 0. The zero-order valence-electron chi connectivity index (χ0n) is 11.5. The Morgan fingerprint density at radius 2 is 1.79 bits per heavy atom. The quantitative estimate of drug-likeness (QED) is 0.791. The predicted octanol–water partition coefficient (Wildman–Crippen LogP) is 4.24. The molecule has 0 saturated heterocycles. The van der Waals surface area contributed by atoms with E-state index in [1.54, 1.807) is 13.0 Å². The van der Waals surface area contributed by atoms with E-state index in [1.165, 1.54) is 25.7 Å². The highest BCUT2D eigenvalue weighted by atomic mass is 19.1. The summed E-state index contributed by atoms with van der Waals surface area (Å²) in [6.07, 6.45) is 7.45. The average molecular weight is 264 g/mol. The minimum atomic E-state index is -0.267. The van der Waals surface area contributed by atoms with E-state index >= 15 is 0 Å². The third kappa shape index (κ3) is 3.02. The van der Waals surface area contributed by atoms with Gasteiger partial charge in [0.1, 0.15) is 5.75 Å². The molecule has 2 saturated carbocycles. The van der Waals surface area contributed by atoms with Crippen LogP contribution in [0.3, 0.4) is 0 Å². The highest BCUT2D eigenvalue weighted by Crippen LogP contribution is 2.34. The van der Waals surface area contributed by atoms with E-state index in [2.05, 4.69) is 0 Å². The molecule has 3 rings (SSSR count). The summed E-state index contributed by atoms with van der Waals surface area (Å²) < 4.78 is 25.5. The van der Waals surface area contributed by atoms with Crippen LogP contribution in [-0.4, -0.2) is 12.7 Å². The molecule has 0 bridgehead atoms. The molecule has 2 fully saturated rings. The van der Waals surface area contributed by atoms with Crippen LogP contribution >= 0.6 is 0 Å². The van der Waals surface area contributed by atoms with Crippen LogP contribution in [0.15, 0.2) is 12.1 Å². The Morgan fingerprint density at radius 1 is 1.11 bits per heavy atom. The van der Waals surface area contributed by atoms with Crippen LogP contribution in [0.2, 0.25) is 0 Å². The Kier molecular flexibility index (Phi) is 3.63. The molecule has 0 heterocycles. The van der Waals surface area contributed by atoms with Gasteiger partial charge in [0.05, 0.1) is 12.7 Å². The fraction of sp³-hybridized carbons (Fsp3) is 0.625. The molecule has 2 aliphatic carbocycles. The lowest BCUT2D eigenvalue weighted by molar-refractivity contribution is 0.239. The van der Waals surface area contributed by atoms with E-state index in [-0.39, 0.29) is 5.82 Å². The standard InChI is InChI=1S/C16H21FO2/c1-11-14(19-13-6-7-13)8-9-15(16(11)17)18-10-12-4-2-3-5-12/h8-9,12-13H,2-7,10H2,1H3. The smallest absolute Gasteiger partial charge is 0.171 e. The van der Waals surface area contributed by atoms with E-state index in [9.17, 15) is 4.39 Å². The average Bonchev–Trinajstić information content (AvgIpc) is 3.07. The van der Waals surface area contributed by atoms with Crippen LogP contribution in [0.5, 0.6) is 11.5 Å². The van der Waals surface area contributed by atoms with Gasteiger partial charge in [0.2, 0.25) is 0 Å². The van der Waals surface area contributed by atoms with Crippen LogP contribution in [0.4, 0.5) is 4.39 Å². The van der Waals surface area contributed by atoms with Gasteiger partial charge < -0.3 is 9.47 Å². The monoisotopic (exact) mass is 264 g/mol. The van der Waals surface area contributed by atoms with Crippen molar-refractivity contribution in [2.24, 2.45) is 5.92 Å². The van der Waals surface area contributed by atoms with Crippen molar-refractivity contribution in [2.75, 3.05) is 6.61 Å². The van der Waals surface area contributed by atoms with E-state index in [4.69, 9.17) is 9.47 Å². The lowest BCUT2D eigenvalue weighted by Crippen LogP contribution is -2.09. The van der Waals surface area contributed by atoms with Crippen molar-refractivity contribution in [3.8, 4) is 11.5 Å². The number of hydrogen-bond donors (Lipinski definition) is 0. The molecule has 0 aromatic heterocycles. The molecule has 0 N–H and O–H groups in total. The molecular weight excluding hydrogens is 243 g/mol. The van der Waals surface area contributed by atoms with Crippen LogP contribution in [0.1, 0.15) is 44.1 Å². The molecule has 2 nitrogen and oxygen atoms in total. The fourth-order valence-corrected chi connectivity index (χ4v) is 2.63. The predicted molar refractivity (Wildman–Crippen MR) is 72.2 cm³/mol. The Balaban J connectivity index is 1.65. The Labute approximate surface area is 113 Å². The van der Waals surface area contributed by atoms with Crippen molar-refractivity contribution in [3.63, 3.8) is 0 Å². The third-order valence-electron chi connectivity index (χ3n) is 4.07. The maximum Gasteiger partial charge on any atom is 0.171 e. The van der Waals surface area contributed by atoms with Gasteiger partial charge >= 0.3 is 0 Å². The van der Waals surface area contributed by atoms with Gasteiger partial charge in [-0.1, -0.05) is 12.8 Å². The molecular formula is C16H21FO2. The summed E-state index contributed by atoms with van der Waals surface area (Å²) in [5.41, 5.74) is 0.566. The van der Waals surface area contributed by atoms with E-state index in [0.717, 1.165) is 12.8 Å². The molecule has 0 spiro atoms. The molecule has 3 heteroatoms. The topological polar surface area (TPSA) is 18.5 Å². The van der Waals surface area contributed by atoms with Crippen molar-refractivity contribution in [1.82, 2.24) is 0 Å². The molecule has 1 aromatic rings. The van der Waals surface area contributed by atoms with Gasteiger partial charge in [-0.25, -0.2) is 4.39 Å². The molecule has 1 aromatic carbocycles. The van der Waals surface area contributed by atoms with Crippen molar-refractivity contribution < 1.29 is 13.9 Å². The normalized spacial score (nSPS) is 19.7. The Bertz CT molecular complexity index is 448. The van der Waals surface area contributed by atoms with Gasteiger partial charge in [0, 0.05) is 5.56 Å². The lowest BCUT2D eigenvalue weighted by Gasteiger charge is -2.15. The molecule has 0 aliphatic heterocycles. The maximum atomic E-state index is 14.2. The summed E-state index contributed by atoms with van der Waals surface area (Å²) in [5, 5.41) is 0. The third-order valence-corrected chi connectivity index (χ3v) is 4.07. The first-order valence-corrected chi connectivity index (χ1v) is 7.32. The van der Waals surface area contributed by atoms with Gasteiger partial charge in [0.25, 0.3) is 0 Å². The summed E-state index contributed by atoms with van der Waals surface area (Å²) in [5.74, 6) is 1.36. The minimum Gasteiger partial charge on any atom is -0.490 e. The van der Waals surface area contributed by atoms with Crippen molar-refractivity contribution in [1.29, 1.82) is 0 Å². The first-order chi connectivity index (χ1) is 9.24. The van der Waals surface area contributed by atoms with Crippen molar-refractivity contribution >= 4 is 0 Å². The number of hydrogen-bond acceptors (Lipinski definition) is 2. The van der Waals surface area contributed by atoms with E-state index in [1.807, 2.05) is 6.07 Å². The van der Waals surface area contributed by atoms with Crippen LogP contribution in [0.25, 0.3) is 0 Å². The summed E-state index contributed by atoms with van der Waals surface area (Å²) in [6, 6.07) is 3.54. The van der Waals surface area contributed by atoms with Gasteiger partial charge in [-0.2, -0.15) is 0 Å². The second kappa shape index (κ2) is 5.40. The zero-order chi connectivity index (χ0) is 13.2. The van der Waals surface area contributed by atoms with E-state index in [0.29, 0.717) is 35.7 Å². The van der Waals surface area contributed by atoms with Crippen LogP contribution in [0, 0.1) is 18.7 Å². The highest BCUT2D eigenvalue weighted by Gasteiger charge is 2.25. The Hall–Kier alpha value is -1.25. The summed E-state index contributed by atoms with van der Waals surface area (Å²) in [4.78, 5) is 0. The minimum absolute atomic E-state index is 0.267. The number of benzene rings is 1. The van der Waals surface area contributed by atoms with Gasteiger partial charge in [0.15, 0.2) is 11.6 Å². The zero-order valence-corrected chi connectivity index (χ0v) is 11.5. The van der Waals surface area contributed by atoms with Gasteiger partial charge in [-0.15, -0.1) is 0 Å². The molecule has 0 radical (unpaired) electrons. The molecule has 2 aliphatic rings. The van der Waals surface area contributed by atoms with Gasteiger partial charge in [-0.05, 0) is 50.7 Å². The first-order valence-electron chi connectivity index (χ1n) is 7.32. The van der Waals surface area contributed by atoms with E-state index < -0.39 is 0 Å². The molecule has 0 atom stereocenters.